The number of hydrogen-bond donors (Lipinski definition) is 2. The van der Waals surface area contributed by atoms with Crippen molar-refractivity contribution in [3.8, 4) is 0 Å². The van der Waals surface area contributed by atoms with Crippen LogP contribution in [0.2, 0.25) is 0 Å². The molecule has 0 aliphatic rings. The van der Waals surface area contributed by atoms with Crippen molar-refractivity contribution in [1.29, 1.82) is 0 Å². The Morgan fingerprint density at radius 3 is 2.19 bits per heavy atom. The number of benzene rings is 3. The van der Waals surface area contributed by atoms with E-state index in [0.717, 1.165) is 17.3 Å². The Balaban J connectivity index is 1.70. The molecule has 0 saturated heterocycles. The molecule has 0 saturated carbocycles. The van der Waals surface area contributed by atoms with Gasteiger partial charge in [0.25, 0.3) is 0 Å². The summed E-state index contributed by atoms with van der Waals surface area (Å²) in [5.74, 6) is -1.35. The van der Waals surface area contributed by atoms with Crippen LogP contribution in [0.4, 0.5) is 10.1 Å². The van der Waals surface area contributed by atoms with Crippen molar-refractivity contribution in [2.45, 2.75) is 17.4 Å². The van der Waals surface area contributed by atoms with E-state index in [0.29, 0.717) is 13.1 Å². The molecule has 0 spiro atoms. The van der Waals surface area contributed by atoms with Crippen molar-refractivity contribution in [1.82, 2.24) is 10.0 Å². The minimum atomic E-state index is -4.24. The number of nitrogens with one attached hydrogen (secondary N) is 2. The Hall–Kier alpha value is -3.23. The Kier molecular flexibility index (Phi) is 7.97. The molecule has 32 heavy (non-hydrogen) atoms. The number of carbonyl (C=O) groups is 1. The minimum absolute atomic E-state index is 0.134. The van der Waals surface area contributed by atoms with Crippen molar-refractivity contribution >= 4 is 21.6 Å². The summed E-state index contributed by atoms with van der Waals surface area (Å²) in [7, 11) is -2.33. The van der Waals surface area contributed by atoms with E-state index in [4.69, 9.17) is 0 Å². The zero-order valence-electron chi connectivity index (χ0n) is 17.7. The van der Waals surface area contributed by atoms with Gasteiger partial charge >= 0.3 is 0 Å². The lowest BCUT2D eigenvalue weighted by Gasteiger charge is -2.22. The standard InChI is InChI=1S/C24H26FN3O3S/c1-28(20-12-6-3-7-13-20)17-16-26-24(29)22(18-19-10-4-2-5-11-19)27-32(30,31)23-15-9-8-14-21(23)25/h2-15,22,27H,16-18H2,1H3,(H,26,29). The molecule has 1 unspecified atom stereocenters. The highest BCUT2D eigenvalue weighted by Gasteiger charge is 2.27. The van der Waals surface area contributed by atoms with Gasteiger partial charge in [-0.05, 0) is 36.2 Å². The molecule has 0 aliphatic heterocycles. The molecule has 0 heterocycles. The number of nitrogens with zero attached hydrogens (tertiary/aromatic N) is 1. The molecule has 6 nitrogen and oxygen atoms in total. The zero-order chi connectivity index (χ0) is 23.0. The van der Waals surface area contributed by atoms with E-state index in [2.05, 4.69) is 10.0 Å². The predicted molar refractivity (Wildman–Crippen MR) is 123 cm³/mol. The smallest absolute Gasteiger partial charge is 0.244 e. The maximum Gasteiger partial charge on any atom is 0.244 e. The van der Waals surface area contributed by atoms with Crippen LogP contribution in [0, 0.1) is 5.82 Å². The van der Waals surface area contributed by atoms with Gasteiger partial charge in [0.05, 0.1) is 0 Å². The van der Waals surface area contributed by atoms with E-state index >= 15 is 0 Å². The monoisotopic (exact) mass is 455 g/mol. The maximum atomic E-state index is 14.1. The first-order valence-electron chi connectivity index (χ1n) is 10.2. The normalized spacial score (nSPS) is 12.2. The first-order chi connectivity index (χ1) is 15.4. The second-order valence-electron chi connectivity index (χ2n) is 7.34. The quantitative estimate of drug-likeness (QED) is 0.493. The lowest BCUT2D eigenvalue weighted by molar-refractivity contribution is -0.122. The van der Waals surface area contributed by atoms with Gasteiger partial charge in [-0.2, -0.15) is 4.72 Å². The van der Waals surface area contributed by atoms with Crippen molar-refractivity contribution in [3.05, 3.63) is 96.3 Å². The van der Waals surface area contributed by atoms with Crippen molar-refractivity contribution in [2.75, 3.05) is 25.0 Å². The second-order valence-corrected chi connectivity index (χ2v) is 9.02. The summed E-state index contributed by atoms with van der Waals surface area (Å²) in [5.41, 5.74) is 1.79. The number of anilines is 1. The molecule has 2 N–H and O–H groups in total. The summed E-state index contributed by atoms with van der Waals surface area (Å²) in [6.45, 7) is 0.852. The van der Waals surface area contributed by atoms with Crippen LogP contribution >= 0.6 is 0 Å². The van der Waals surface area contributed by atoms with Gasteiger partial charge in [-0.25, -0.2) is 12.8 Å². The van der Waals surface area contributed by atoms with Crippen molar-refractivity contribution in [2.24, 2.45) is 0 Å². The van der Waals surface area contributed by atoms with Gasteiger partial charge in [-0.15, -0.1) is 0 Å². The van der Waals surface area contributed by atoms with Gasteiger partial charge < -0.3 is 10.2 Å². The van der Waals surface area contributed by atoms with E-state index in [1.165, 1.54) is 18.2 Å². The predicted octanol–water partition coefficient (Wildman–Crippen LogP) is 2.97. The first kappa shape index (κ1) is 23.4. The Morgan fingerprint density at radius 1 is 0.938 bits per heavy atom. The van der Waals surface area contributed by atoms with Crippen molar-refractivity contribution < 1.29 is 17.6 Å². The minimum Gasteiger partial charge on any atom is -0.373 e. The average molecular weight is 456 g/mol. The van der Waals surface area contributed by atoms with Crippen molar-refractivity contribution in [3.63, 3.8) is 0 Å². The van der Waals surface area contributed by atoms with E-state index in [1.54, 1.807) is 12.1 Å². The van der Waals surface area contributed by atoms with E-state index in [1.807, 2.05) is 60.5 Å². The number of amides is 1. The summed E-state index contributed by atoms with van der Waals surface area (Å²) in [6, 6.07) is 22.8. The third-order valence-electron chi connectivity index (χ3n) is 4.97. The third-order valence-corrected chi connectivity index (χ3v) is 6.47. The fourth-order valence-electron chi connectivity index (χ4n) is 3.23. The van der Waals surface area contributed by atoms with Crippen LogP contribution in [0.25, 0.3) is 0 Å². The SMILES string of the molecule is CN(CCNC(=O)C(Cc1ccccc1)NS(=O)(=O)c1ccccc1F)c1ccccc1. The molecule has 1 amide bonds. The fraction of sp³-hybridized carbons (Fsp3) is 0.208. The highest BCUT2D eigenvalue weighted by atomic mass is 32.2. The maximum absolute atomic E-state index is 14.1. The number of carbonyl (C=O) groups excluding carboxylic acids is 1. The van der Waals surface area contributed by atoms with Crippen LogP contribution in [-0.4, -0.2) is 40.5 Å². The number of para-hydroxylation sites is 1. The molecule has 3 aromatic carbocycles. The molecule has 0 radical (unpaired) electrons. The van der Waals surface area contributed by atoms with E-state index in [-0.39, 0.29) is 6.42 Å². The average Bonchev–Trinajstić information content (AvgIpc) is 2.80. The van der Waals surface area contributed by atoms with Crippen LogP contribution in [0.5, 0.6) is 0 Å². The molecule has 0 aromatic heterocycles. The number of rotatable bonds is 10. The molecule has 3 rings (SSSR count). The third kappa shape index (κ3) is 6.38. The number of sulfonamides is 1. The number of halogens is 1. The molecule has 3 aromatic rings. The first-order valence-corrected chi connectivity index (χ1v) is 11.7. The zero-order valence-corrected chi connectivity index (χ0v) is 18.6. The number of likely N-dealkylation sites (N-methyl/N-ethyl adjacent to an activating group) is 1. The fourth-order valence-corrected chi connectivity index (χ4v) is 4.51. The molecule has 0 aliphatic carbocycles. The van der Waals surface area contributed by atoms with Gasteiger partial charge in [0.1, 0.15) is 16.8 Å². The topological polar surface area (TPSA) is 78.5 Å². The molecule has 0 bridgehead atoms. The highest BCUT2D eigenvalue weighted by Crippen LogP contribution is 2.15. The summed E-state index contributed by atoms with van der Waals surface area (Å²) < 4.78 is 42.0. The molecule has 168 valence electrons. The molecule has 0 fully saturated rings. The van der Waals surface area contributed by atoms with E-state index in [9.17, 15) is 17.6 Å². The molecule has 1 atom stereocenters. The van der Waals surface area contributed by atoms with Gasteiger partial charge in [0, 0.05) is 25.8 Å². The summed E-state index contributed by atoms with van der Waals surface area (Å²) in [5, 5.41) is 2.79. The molecular weight excluding hydrogens is 429 g/mol. The van der Waals surface area contributed by atoms with Gasteiger partial charge in [0.2, 0.25) is 15.9 Å². The number of hydrogen-bond acceptors (Lipinski definition) is 4. The second kappa shape index (κ2) is 10.9. The van der Waals surface area contributed by atoms with Gasteiger partial charge in [-0.1, -0.05) is 60.7 Å². The van der Waals surface area contributed by atoms with Crippen LogP contribution in [0.15, 0.2) is 89.8 Å². The Morgan fingerprint density at radius 2 is 1.53 bits per heavy atom. The lowest BCUT2D eigenvalue weighted by atomic mass is 10.1. The van der Waals surface area contributed by atoms with Crippen LogP contribution in [-0.2, 0) is 21.2 Å². The Labute approximate surface area is 188 Å². The van der Waals surface area contributed by atoms with Crippen LogP contribution in [0.1, 0.15) is 5.56 Å². The molecular formula is C24H26FN3O3S. The summed E-state index contributed by atoms with van der Waals surface area (Å²) in [6.07, 6.45) is 0.134. The highest BCUT2D eigenvalue weighted by molar-refractivity contribution is 7.89. The van der Waals surface area contributed by atoms with Gasteiger partial charge in [-0.3, -0.25) is 4.79 Å². The van der Waals surface area contributed by atoms with Crippen LogP contribution < -0.4 is 14.9 Å². The molecule has 8 heteroatoms. The van der Waals surface area contributed by atoms with Crippen LogP contribution in [0.3, 0.4) is 0 Å². The lowest BCUT2D eigenvalue weighted by Crippen LogP contribution is -2.49. The summed E-state index contributed by atoms with van der Waals surface area (Å²) >= 11 is 0. The summed E-state index contributed by atoms with van der Waals surface area (Å²) in [4.78, 5) is 14.4. The van der Waals surface area contributed by atoms with E-state index < -0.39 is 32.7 Å². The van der Waals surface area contributed by atoms with Gasteiger partial charge in [0.15, 0.2) is 0 Å². The largest absolute Gasteiger partial charge is 0.373 e. The Bertz CT molecular complexity index is 1130.